The molecule has 0 aromatic heterocycles. The minimum atomic E-state index is -0.331. The summed E-state index contributed by atoms with van der Waals surface area (Å²) in [5.74, 6) is 1.77. The van der Waals surface area contributed by atoms with Gasteiger partial charge < -0.3 is 14.5 Å². The highest BCUT2D eigenvalue weighted by Gasteiger charge is 2.43. The molecule has 0 radical (unpaired) electrons. The van der Waals surface area contributed by atoms with Crippen molar-refractivity contribution >= 4 is 44.9 Å². The van der Waals surface area contributed by atoms with Crippen LogP contribution in [0.2, 0.25) is 0 Å². The van der Waals surface area contributed by atoms with Gasteiger partial charge in [-0.2, -0.15) is 0 Å². The van der Waals surface area contributed by atoms with E-state index in [9.17, 15) is 0 Å². The van der Waals surface area contributed by atoms with Crippen LogP contribution in [0, 0.1) is 0 Å². The Morgan fingerprint density at radius 2 is 1.13 bits per heavy atom. The van der Waals surface area contributed by atoms with E-state index in [2.05, 4.69) is 207 Å². The number of anilines is 6. The molecular formula is C52H40N2O. The number of rotatable bonds is 4. The average Bonchev–Trinajstić information content (AvgIpc) is 3.45. The number of ether oxygens (including phenoxy) is 1. The molecular weight excluding hydrogens is 669 g/mol. The molecule has 264 valence electrons. The third-order valence-corrected chi connectivity index (χ3v) is 12.4. The van der Waals surface area contributed by atoms with E-state index in [0.29, 0.717) is 0 Å². The second-order valence-electron chi connectivity index (χ2n) is 16.2. The number of benzene rings is 8. The maximum Gasteiger partial charge on any atom is 0.159 e. The third kappa shape index (κ3) is 4.50. The topological polar surface area (TPSA) is 15.7 Å². The Kier molecular flexibility index (Phi) is 6.65. The summed E-state index contributed by atoms with van der Waals surface area (Å²) < 4.78 is 6.86. The van der Waals surface area contributed by atoms with Crippen molar-refractivity contribution in [2.24, 2.45) is 0 Å². The van der Waals surface area contributed by atoms with Crippen molar-refractivity contribution in [2.75, 3.05) is 9.80 Å². The van der Waals surface area contributed by atoms with Crippen LogP contribution in [0.5, 0.6) is 11.5 Å². The Hall–Kier alpha value is -6.58. The van der Waals surface area contributed by atoms with Gasteiger partial charge in [0.15, 0.2) is 11.5 Å². The second-order valence-corrected chi connectivity index (χ2v) is 16.2. The monoisotopic (exact) mass is 708 g/mol. The van der Waals surface area contributed by atoms with Crippen LogP contribution in [0.4, 0.5) is 34.1 Å². The van der Waals surface area contributed by atoms with Gasteiger partial charge >= 0.3 is 0 Å². The molecule has 0 atom stereocenters. The lowest BCUT2D eigenvalue weighted by Gasteiger charge is -2.45. The highest BCUT2D eigenvalue weighted by atomic mass is 16.5. The molecule has 2 heterocycles. The summed E-state index contributed by atoms with van der Waals surface area (Å²) in [5, 5.41) is 2.44. The molecule has 3 aliphatic rings. The molecule has 0 bridgehead atoms. The van der Waals surface area contributed by atoms with Gasteiger partial charge in [-0.15, -0.1) is 0 Å². The summed E-state index contributed by atoms with van der Waals surface area (Å²) in [5.41, 5.74) is 16.5. The molecule has 8 aromatic carbocycles. The largest absolute Gasteiger partial charge is 0.452 e. The molecule has 3 nitrogen and oxygen atoms in total. The zero-order chi connectivity index (χ0) is 37.1. The lowest BCUT2D eigenvalue weighted by molar-refractivity contribution is 0.473. The summed E-state index contributed by atoms with van der Waals surface area (Å²) in [6.07, 6.45) is 0. The van der Waals surface area contributed by atoms with Crippen molar-refractivity contribution in [3.63, 3.8) is 0 Å². The fourth-order valence-electron chi connectivity index (χ4n) is 9.62. The van der Waals surface area contributed by atoms with Crippen LogP contribution in [-0.4, -0.2) is 0 Å². The molecule has 0 saturated heterocycles. The van der Waals surface area contributed by atoms with E-state index in [1.54, 1.807) is 0 Å². The van der Waals surface area contributed by atoms with Crippen molar-refractivity contribution in [3.8, 4) is 33.8 Å². The fraction of sp³-hybridized carbons (Fsp3) is 0.115. The molecule has 0 saturated carbocycles. The van der Waals surface area contributed by atoms with Crippen molar-refractivity contribution in [1.82, 2.24) is 0 Å². The van der Waals surface area contributed by atoms with Crippen LogP contribution in [0.25, 0.3) is 33.0 Å². The molecule has 0 spiro atoms. The van der Waals surface area contributed by atoms with E-state index < -0.39 is 0 Å². The molecule has 0 fully saturated rings. The smallest absolute Gasteiger partial charge is 0.159 e. The Morgan fingerprint density at radius 3 is 2.00 bits per heavy atom. The molecule has 0 amide bonds. The summed E-state index contributed by atoms with van der Waals surface area (Å²) in [7, 11) is 0. The normalized spacial score (nSPS) is 14.9. The Morgan fingerprint density at radius 1 is 0.473 bits per heavy atom. The lowest BCUT2D eigenvalue weighted by Crippen LogP contribution is -2.32. The lowest BCUT2D eigenvalue weighted by atomic mass is 9.72. The van der Waals surface area contributed by atoms with E-state index in [-0.39, 0.29) is 10.8 Å². The summed E-state index contributed by atoms with van der Waals surface area (Å²) >= 11 is 0. The number of hydrogen-bond donors (Lipinski definition) is 0. The van der Waals surface area contributed by atoms with Crippen LogP contribution < -0.4 is 14.5 Å². The SMILES string of the molecule is CC1(C)c2ccccc2-c2ccc(N(c3ccc4c(c3)C(C)(C)c3ccc(-c5ccccc5)c5c3N4c3ccccc3O5)c3cccc4ccccc34)cc21. The molecule has 3 heteroatoms. The van der Waals surface area contributed by atoms with Gasteiger partial charge in [0.2, 0.25) is 0 Å². The second kappa shape index (κ2) is 11.5. The summed E-state index contributed by atoms with van der Waals surface area (Å²) in [6, 6.07) is 62.1. The average molecular weight is 709 g/mol. The Bertz CT molecular complexity index is 2860. The van der Waals surface area contributed by atoms with Crippen molar-refractivity contribution < 1.29 is 4.74 Å². The predicted octanol–water partition coefficient (Wildman–Crippen LogP) is 14.5. The van der Waals surface area contributed by atoms with Gasteiger partial charge in [0.1, 0.15) is 0 Å². The van der Waals surface area contributed by atoms with Gasteiger partial charge in [0.25, 0.3) is 0 Å². The third-order valence-electron chi connectivity index (χ3n) is 12.4. The van der Waals surface area contributed by atoms with Crippen LogP contribution in [-0.2, 0) is 10.8 Å². The Balaban J connectivity index is 1.14. The standard InChI is InChI=1S/C52H40N2O/c1-51(2)41-21-11-10-20-39(41)40-27-25-35(31-43(40)51)53(45-23-14-18-33-17-8-9-19-37(33)45)36-26-30-46-44(32-36)52(3,4)42-29-28-38(34-15-6-5-7-16-34)50-49(42)54(46)47-22-12-13-24-48(47)55-50/h5-32H,1-4H3. The number of nitrogens with zero attached hydrogens (tertiary/aromatic N) is 2. The summed E-state index contributed by atoms with van der Waals surface area (Å²) in [4.78, 5) is 4.92. The van der Waals surface area contributed by atoms with Crippen LogP contribution in [0.3, 0.4) is 0 Å². The zero-order valence-corrected chi connectivity index (χ0v) is 31.5. The highest BCUT2D eigenvalue weighted by molar-refractivity contribution is 6.01. The van der Waals surface area contributed by atoms with Gasteiger partial charge in [0, 0.05) is 33.2 Å². The van der Waals surface area contributed by atoms with Crippen LogP contribution >= 0.6 is 0 Å². The maximum atomic E-state index is 6.86. The Labute approximate surface area is 322 Å². The first kappa shape index (κ1) is 31.9. The van der Waals surface area contributed by atoms with E-state index in [1.165, 1.54) is 49.8 Å². The molecule has 0 unspecified atom stereocenters. The first-order valence-electron chi connectivity index (χ1n) is 19.3. The quantitative estimate of drug-likeness (QED) is 0.181. The van der Waals surface area contributed by atoms with Gasteiger partial charge in [-0.3, -0.25) is 0 Å². The fourth-order valence-corrected chi connectivity index (χ4v) is 9.62. The van der Waals surface area contributed by atoms with Gasteiger partial charge in [-0.05, 0) is 92.9 Å². The van der Waals surface area contributed by atoms with E-state index in [1.807, 2.05) is 0 Å². The van der Waals surface area contributed by atoms with Crippen molar-refractivity contribution in [1.29, 1.82) is 0 Å². The van der Waals surface area contributed by atoms with Gasteiger partial charge in [0.05, 0.1) is 22.7 Å². The molecule has 1 aliphatic carbocycles. The van der Waals surface area contributed by atoms with Gasteiger partial charge in [-0.1, -0.05) is 149 Å². The van der Waals surface area contributed by atoms with Gasteiger partial charge in [-0.25, -0.2) is 0 Å². The van der Waals surface area contributed by atoms with Crippen molar-refractivity contribution in [3.05, 3.63) is 192 Å². The van der Waals surface area contributed by atoms with Crippen LogP contribution in [0.1, 0.15) is 49.9 Å². The minimum absolute atomic E-state index is 0.117. The molecule has 8 aromatic rings. The van der Waals surface area contributed by atoms with Crippen molar-refractivity contribution in [2.45, 2.75) is 38.5 Å². The first-order chi connectivity index (χ1) is 26.8. The summed E-state index contributed by atoms with van der Waals surface area (Å²) in [6.45, 7) is 9.45. The minimum Gasteiger partial charge on any atom is -0.452 e. The highest BCUT2D eigenvalue weighted by Crippen LogP contribution is 2.62. The molecule has 55 heavy (non-hydrogen) atoms. The zero-order valence-electron chi connectivity index (χ0n) is 31.5. The molecule has 2 aliphatic heterocycles. The number of para-hydroxylation sites is 2. The molecule has 0 N–H and O–H groups in total. The van der Waals surface area contributed by atoms with E-state index >= 15 is 0 Å². The first-order valence-corrected chi connectivity index (χ1v) is 19.3. The number of hydrogen-bond acceptors (Lipinski definition) is 3. The van der Waals surface area contributed by atoms with Crippen LogP contribution in [0.15, 0.2) is 170 Å². The predicted molar refractivity (Wildman–Crippen MR) is 229 cm³/mol. The van der Waals surface area contributed by atoms with E-state index in [0.717, 1.165) is 51.1 Å². The molecule has 11 rings (SSSR count). The number of fused-ring (bicyclic) bond motifs is 8. The van der Waals surface area contributed by atoms with E-state index in [4.69, 9.17) is 4.74 Å². The maximum absolute atomic E-state index is 6.86.